The predicted molar refractivity (Wildman–Crippen MR) is 76.5 cm³/mol. The summed E-state index contributed by atoms with van der Waals surface area (Å²) in [6, 6.07) is 5.70. The van der Waals surface area contributed by atoms with Gasteiger partial charge in [0.2, 0.25) is 0 Å². The van der Waals surface area contributed by atoms with E-state index in [2.05, 4.69) is 10.6 Å². The Morgan fingerprint density at radius 2 is 1.76 bits per heavy atom. The molecule has 2 amide bonds. The topological polar surface area (TPSA) is 116 Å². The van der Waals surface area contributed by atoms with Gasteiger partial charge in [-0.25, -0.2) is 4.79 Å². The minimum atomic E-state index is -1.58. The van der Waals surface area contributed by atoms with Crippen LogP contribution in [0.5, 0.6) is 0 Å². The van der Waals surface area contributed by atoms with Crippen LogP contribution in [-0.2, 0) is 9.59 Å². The highest BCUT2D eigenvalue weighted by Crippen LogP contribution is 2.21. The Morgan fingerprint density at radius 1 is 1.19 bits per heavy atom. The van der Waals surface area contributed by atoms with Crippen molar-refractivity contribution in [1.82, 2.24) is 5.32 Å². The summed E-state index contributed by atoms with van der Waals surface area (Å²) in [5.74, 6) is -2.54. The van der Waals surface area contributed by atoms with Gasteiger partial charge in [0.1, 0.15) is 0 Å². The van der Waals surface area contributed by atoms with Crippen LogP contribution < -0.4 is 10.6 Å². The Hall–Kier alpha value is -2.28. The monoisotopic (exact) mass is 314 g/mol. The fraction of sp³-hybridized carbons (Fsp3) is 0.308. The van der Waals surface area contributed by atoms with Gasteiger partial charge in [-0.1, -0.05) is 11.6 Å². The highest BCUT2D eigenvalue weighted by atomic mass is 35.5. The van der Waals surface area contributed by atoms with E-state index in [0.717, 1.165) is 0 Å². The Labute approximate surface area is 125 Å². The minimum Gasteiger partial charge on any atom is -0.481 e. The predicted octanol–water partition coefficient (Wildman–Crippen LogP) is 2.03. The van der Waals surface area contributed by atoms with Crippen LogP contribution in [0, 0.1) is 5.41 Å². The molecule has 4 N–H and O–H groups in total. The first-order chi connectivity index (χ1) is 9.73. The number of aliphatic carboxylic acids is 2. The van der Waals surface area contributed by atoms with Gasteiger partial charge in [0, 0.05) is 17.3 Å². The lowest BCUT2D eigenvalue weighted by Gasteiger charge is -2.23. The van der Waals surface area contributed by atoms with Crippen molar-refractivity contribution >= 4 is 35.3 Å². The van der Waals surface area contributed by atoms with Gasteiger partial charge in [-0.2, -0.15) is 0 Å². The van der Waals surface area contributed by atoms with Gasteiger partial charge in [0.15, 0.2) is 0 Å². The number of carbonyl (C=O) groups is 3. The quantitative estimate of drug-likeness (QED) is 0.641. The summed E-state index contributed by atoms with van der Waals surface area (Å²) in [7, 11) is 0. The van der Waals surface area contributed by atoms with Crippen molar-refractivity contribution in [3.05, 3.63) is 29.3 Å². The molecule has 0 aromatic heterocycles. The van der Waals surface area contributed by atoms with Crippen LogP contribution in [-0.4, -0.2) is 34.7 Å². The molecular weight excluding hydrogens is 300 g/mol. The Kier molecular flexibility index (Phi) is 5.54. The Bertz CT molecular complexity index is 546. The van der Waals surface area contributed by atoms with Gasteiger partial charge in [0.25, 0.3) is 0 Å². The number of halogens is 1. The lowest BCUT2D eigenvalue weighted by molar-refractivity contribution is -0.154. The average molecular weight is 315 g/mol. The number of amides is 2. The Balaban J connectivity index is 2.59. The van der Waals surface area contributed by atoms with Gasteiger partial charge in [-0.3, -0.25) is 9.59 Å². The number of anilines is 1. The second-order valence-electron chi connectivity index (χ2n) is 4.75. The van der Waals surface area contributed by atoms with Gasteiger partial charge in [0.05, 0.1) is 11.8 Å². The van der Waals surface area contributed by atoms with Crippen molar-refractivity contribution < 1.29 is 24.6 Å². The van der Waals surface area contributed by atoms with E-state index in [0.29, 0.717) is 10.7 Å². The zero-order valence-electron chi connectivity index (χ0n) is 11.2. The third kappa shape index (κ3) is 5.31. The van der Waals surface area contributed by atoms with E-state index in [-0.39, 0.29) is 6.54 Å². The summed E-state index contributed by atoms with van der Waals surface area (Å²) >= 11 is 5.70. The van der Waals surface area contributed by atoms with E-state index in [1.165, 1.54) is 6.92 Å². The first-order valence-electron chi connectivity index (χ1n) is 5.98. The molecule has 114 valence electrons. The molecule has 0 radical (unpaired) electrons. The lowest BCUT2D eigenvalue weighted by atomic mass is 9.87. The van der Waals surface area contributed by atoms with Crippen molar-refractivity contribution in [3.63, 3.8) is 0 Å². The van der Waals surface area contributed by atoms with E-state index in [1.807, 2.05) is 0 Å². The first-order valence-corrected chi connectivity index (χ1v) is 6.36. The summed E-state index contributed by atoms with van der Waals surface area (Å²) in [5, 5.41) is 23.1. The van der Waals surface area contributed by atoms with Crippen molar-refractivity contribution in [2.24, 2.45) is 5.41 Å². The lowest BCUT2D eigenvalue weighted by Crippen LogP contribution is -2.43. The fourth-order valence-electron chi connectivity index (χ4n) is 1.53. The molecule has 0 fully saturated rings. The van der Waals surface area contributed by atoms with Crippen LogP contribution in [0.3, 0.4) is 0 Å². The third-order valence-electron chi connectivity index (χ3n) is 2.80. The molecule has 1 unspecified atom stereocenters. The molecule has 1 aromatic carbocycles. The highest BCUT2D eigenvalue weighted by molar-refractivity contribution is 6.30. The molecule has 1 rings (SSSR count). The molecule has 0 spiro atoms. The van der Waals surface area contributed by atoms with Gasteiger partial charge in [-0.05, 0) is 31.2 Å². The summed E-state index contributed by atoms with van der Waals surface area (Å²) in [4.78, 5) is 33.5. The SMILES string of the molecule is CC(CNC(=O)Nc1ccc(Cl)cc1)(CC(=O)O)C(=O)O. The molecule has 0 aliphatic heterocycles. The van der Waals surface area contributed by atoms with Crippen LogP contribution in [0.25, 0.3) is 0 Å². The number of carbonyl (C=O) groups excluding carboxylic acids is 1. The molecule has 0 aliphatic rings. The largest absolute Gasteiger partial charge is 0.481 e. The number of urea groups is 1. The van der Waals surface area contributed by atoms with Crippen LogP contribution in [0.1, 0.15) is 13.3 Å². The summed E-state index contributed by atoms with van der Waals surface area (Å²) in [6.07, 6.45) is -0.594. The summed E-state index contributed by atoms with van der Waals surface area (Å²) in [6.45, 7) is 0.945. The molecule has 21 heavy (non-hydrogen) atoms. The van der Waals surface area contributed by atoms with Crippen LogP contribution >= 0.6 is 11.6 Å². The number of nitrogens with one attached hydrogen (secondary N) is 2. The third-order valence-corrected chi connectivity index (χ3v) is 3.05. The molecule has 0 bridgehead atoms. The molecule has 0 aliphatic carbocycles. The molecule has 7 nitrogen and oxygen atoms in total. The van der Waals surface area contributed by atoms with Crippen molar-refractivity contribution in [2.45, 2.75) is 13.3 Å². The van der Waals surface area contributed by atoms with Crippen molar-refractivity contribution in [1.29, 1.82) is 0 Å². The molecule has 0 heterocycles. The van der Waals surface area contributed by atoms with E-state index in [1.54, 1.807) is 24.3 Å². The van der Waals surface area contributed by atoms with E-state index < -0.39 is 29.8 Å². The fourth-order valence-corrected chi connectivity index (χ4v) is 1.66. The summed E-state index contributed by atoms with van der Waals surface area (Å²) < 4.78 is 0. The van der Waals surface area contributed by atoms with Crippen LogP contribution in [0.4, 0.5) is 10.5 Å². The minimum absolute atomic E-state index is 0.311. The maximum absolute atomic E-state index is 11.7. The first kappa shape index (κ1) is 16.8. The molecular formula is C13H15ClN2O5. The number of carboxylic acids is 2. The zero-order chi connectivity index (χ0) is 16.0. The second kappa shape index (κ2) is 6.94. The molecule has 1 aromatic rings. The van der Waals surface area contributed by atoms with E-state index in [9.17, 15) is 14.4 Å². The second-order valence-corrected chi connectivity index (χ2v) is 5.19. The molecule has 8 heteroatoms. The smallest absolute Gasteiger partial charge is 0.319 e. The number of rotatable bonds is 6. The van der Waals surface area contributed by atoms with Gasteiger partial charge >= 0.3 is 18.0 Å². The number of hydrogen-bond acceptors (Lipinski definition) is 3. The van der Waals surface area contributed by atoms with Crippen LogP contribution in [0.2, 0.25) is 5.02 Å². The number of benzene rings is 1. The Morgan fingerprint density at radius 3 is 2.24 bits per heavy atom. The van der Waals surface area contributed by atoms with Gasteiger partial charge < -0.3 is 20.8 Å². The molecule has 0 saturated carbocycles. The maximum atomic E-state index is 11.7. The average Bonchev–Trinajstić information content (AvgIpc) is 2.38. The maximum Gasteiger partial charge on any atom is 0.319 e. The summed E-state index contributed by atoms with van der Waals surface area (Å²) in [5.41, 5.74) is -1.10. The standard InChI is InChI=1S/C13H15ClN2O5/c1-13(11(19)20,6-10(17)18)7-15-12(21)16-9-4-2-8(14)3-5-9/h2-5H,6-7H2,1H3,(H,17,18)(H,19,20)(H2,15,16,21). The van der Waals surface area contributed by atoms with E-state index >= 15 is 0 Å². The van der Waals surface area contributed by atoms with Crippen LogP contribution in [0.15, 0.2) is 24.3 Å². The molecule has 1 atom stereocenters. The zero-order valence-corrected chi connectivity index (χ0v) is 12.0. The number of carboxylic acid groups (broad SMARTS) is 2. The highest BCUT2D eigenvalue weighted by Gasteiger charge is 2.36. The van der Waals surface area contributed by atoms with E-state index in [4.69, 9.17) is 21.8 Å². The number of hydrogen-bond donors (Lipinski definition) is 4. The van der Waals surface area contributed by atoms with Crippen molar-refractivity contribution in [2.75, 3.05) is 11.9 Å². The normalized spacial score (nSPS) is 13.0. The van der Waals surface area contributed by atoms with Crippen molar-refractivity contribution in [3.8, 4) is 0 Å². The van der Waals surface area contributed by atoms with Gasteiger partial charge in [-0.15, -0.1) is 0 Å². The molecule has 0 saturated heterocycles.